The highest BCUT2D eigenvalue weighted by atomic mass is 35.5. The SMILES string of the molecule is CCNC(c1cc(Cl)ccc1F)c1c(C)cc(C)cc1F. The molecule has 0 heterocycles. The van der Waals surface area contributed by atoms with Crippen molar-refractivity contribution in [3.8, 4) is 0 Å². The van der Waals surface area contributed by atoms with Gasteiger partial charge in [-0.05, 0) is 55.8 Å². The molecule has 112 valence electrons. The summed E-state index contributed by atoms with van der Waals surface area (Å²) in [6, 6.07) is 7.14. The van der Waals surface area contributed by atoms with Crippen molar-refractivity contribution in [3.05, 3.63) is 69.2 Å². The third-order valence-corrected chi connectivity index (χ3v) is 3.68. The highest BCUT2D eigenvalue weighted by molar-refractivity contribution is 6.30. The average Bonchev–Trinajstić information content (AvgIpc) is 2.39. The second-order valence-electron chi connectivity index (χ2n) is 5.13. The van der Waals surface area contributed by atoms with E-state index in [0.717, 1.165) is 11.1 Å². The molecule has 1 N–H and O–H groups in total. The van der Waals surface area contributed by atoms with E-state index in [1.807, 2.05) is 26.8 Å². The number of benzene rings is 2. The molecular weight excluding hydrogens is 292 g/mol. The maximum absolute atomic E-state index is 14.4. The van der Waals surface area contributed by atoms with E-state index in [-0.39, 0.29) is 5.82 Å². The molecule has 0 aromatic heterocycles. The first kappa shape index (κ1) is 15.9. The van der Waals surface area contributed by atoms with Crippen LogP contribution >= 0.6 is 11.6 Å². The summed E-state index contributed by atoms with van der Waals surface area (Å²) in [5.74, 6) is -0.734. The Balaban J connectivity index is 2.61. The van der Waals surface area contributed by atoms with E-state index in [2.05, 4.69) is 5.32 Å². The van der Waals surface area contributed by atoms with Crippen LogP contribution in [0, 0.1) is 25.5 Å². The van der Waals surface area contributed by atoms with Gasteiger partial charge in [-0.3, -0.25) is 0 Å². The van der Waals surface area contributed by atoms with Crippen molar-refractivity contribution in [1.82, 2.24) is 5.32 Å². The summed E-state index contributed by atoms with van der Waals surface area (Å²) in [7, 11) is 0. The van der Waals surface area contributed by atoms with E-state index in [4.69, 9.17) is 11.6 Å². The minimum Gasteiger partial charge on any atom is -0.306 e. The molecule has 0 saturated carbocycles. The molecule has 0 spiro atoms. The van der Waals surface area contributed by atoms with Crippen LogP contribution in [0.4, 0.5) is 8.78 Å². The molecule has 0 fully saturated rings. The molecule has 21 heavy (non-hydrogen) atoms. The summed E-state index contributed by atoms with van der Waals surface area (Å²) in [6.07, 6.45) is 0. The lowest BCUT2D eigenvalue weighted by molar-refractivity contribution is 0.528. The van der Waals surface area contributed by atoms with Gasteiger partial charge in [0.05, 0.1) is 6.04 Å². The van der Waals surface area contributed by atoms with Gasteiger partial charge in [-0.25, -0.2) is 8.78 Å². The molecule has 4 heteroatoms. The number of hydrogen-bond donors (Lipinski definition) is 1. The molecule has 0 aliphatic carbocycles. The third kappa shape index (κ3) is 3.42. The first-order chi connectivity index (χ1) is 9.93. The normalized spacial score (nSPS) is 12.5. The smallest absolute Gasteiger partial charge is 0.128 e. The molecule has 1 nitrogen and oxygen atoms in total. The van der Waals surface area contributed by atoms with Gasteiger partial charge in [-0.15, -0.1) is 0 Å². The number of rotatable bonds is 4. The van der Waals surface area contributed by atoms with Gasteiger partial charge in [0.15, 0.2) is 0 Å². The number of aryl methyl sites for hydroxylation is 2. The Morgan fingerprint density at radius 3 is 2.43 bits per heavy atom. The van der Waals surface area contributed by atoms with Crippen LogP contribution in [0.2, 0.25) is 5.02 Å². The molecule has 0 radical (unpaired) electrons. The van der Waals surface area contributed by atoms with Gasteiger partial charge in [-0.2, -0.15) is 0 Å². The van der Waals surface area contributed by atoms with Gasteiger partial charge in [0, 0.05) is 16.1 Å². The lowest BCUT2D eigenvalue weighted by Crippen LogP contribution is -2.25. The summed E-state index contributed by atoms with van der Waals surface area (Å²) in [6.45, 7) is 6.15. The van der Waals surface area contributed by atoms with E-state index in [1.54, 1.807) is 6.07 Å². The molecule has 1 atom stereocenters. The van der Waals surface area contributed by atoms with Gasteiger partial charge >= 0.3 is 0 Å². The van der Waals surface area contributed by atoms with Crippen LogP contribution in [0.3, 0.4) is 0 Å². The zero-order chi connectivity index (χ0) is 15.6. The maximum atomic E-state index is 14.4. The number of hydrogen-bond acceptors (Lipinski definition) is 1. The summed E-state index contributed by atoms with van der Waals surface area (Å²) in [4.78, 5) is 0. The highest BCUT2D eigenvalue weighted by Crippen LogP contribution is 2.31. The second-order valence-corrected chi connectivity index (χ2v) is 5.57. The Kier molecular flexibility index (Phi) is 4.96. The predicted molar refractivity (Wildman–Crippen MR) is 82.8 cm³/mol. The van der Waals surface area contributed by atoms with Crippen LogP contribution in [0.15, 0.2) is 30.3 Å². The van der Waals surface area contributed by atoms with Gasteiger partial charge in [-0.1, -0.05) is 24.6 Å². The Morgan fingerprint density at radius 1 is 1.10 bits per heavy atom. The Bertz CT molecular complexity index is 632. The fourth-order valence-electron chi connectivity index (χ4n) is 2.60. The minimum absolute atomic E-state index is 0.335. The number of nitrogens with one attached hydrogen (secondary N) is 1. The van der Waals surface area contributed by atoms with Gasteiger partial charge in [0.2, 0.25) is 0 Å². The van der Waals surface area contributed by atoms with Crippen molar-refractivity contribution in [3.63, 3.8) is 0 Å². The molecule has 0 bridgehead atoms. The van der Waals surface area contributed by atoms with Crippen molar-refractivity contribution in [2.24, 2.45) is 0 Å². The largest absolute Gasteiger partial charge is 0.306 e. The molecule has 2 rings (SSSR count). The molecule has 2 aromatic rings. The molecule has 1 unspecified atom stereocenters. The highest BCUT2D eigenvalue weighted by Gasteiger charge is 2.22. The quantitative estimate of drug-likeness (QED) is 0.844. The molecular formula is C17H18ClF2N. The first-order valence-electron chi connectivity index (χ1n) is 6.89. The topological polar surface area (TPSA) is 12.0 Å². The first-order valence-corrected chi connectivity index (χ1v) is 7.26. The summed E-state index contributed by atoms with van der Waals surface area (Å²) < 4.78 is 28.6. The van der Waals surface area contributed by atoms with E-state index < -0.39 is 11.9 Å². The predicted octanol–water partition coefficient (Wildman–Crippen LogP) is 4.93. The standard InChI is InChI=1S/C17H18ClF2N/c1-4-21-17(13-9-12(18)5-6-14(13)19)16-11(3)7-10(2)8-15(16)20/h5-9,17,21H,4H2,1-3H3. The molecule has 0 aliphatic rings. The van der Waals surface area contributed by atoms with E-state index in [0.29, 0.717) is 22.7 Å². The van der Waals surface area contributed by atoms with Crippen molar-refractivity contribution in [1.29, 1.82) is 0 Å². The molecule has 2 aromatic carbocycles. The lowest BCUT2D eigenvalue weighted by Gasteiger charge is -2.22. The van der Waals surface area contributed by atoms with Gasteiger partial charge in [0.25, 0.3) is 0 Å². The Labute approximate surface area is 128 Å². The van der Waals surface area contributed by atoms with E-state index in [1.165, 1.54) is 18.2 Å². The van der Waals surface area contributed by atoms with Crippen molar-refractivity contribution in [2.75, 3.05) is 6.54 Å². The van der Waals surface area contributed by atoms with Gasteiger partial charge in [0.1, 0.15) is 11.6 Å². The summed E-state index contributed by atoms with van der Waals surface area (Å²) in [5, 5.41) is 3.58. The molecule has 0 aliphatic heterocycles. The zero-order valence-corrected chi connectivity index (χ0v) is 13.1. The Morgan fingerprint density at radius 2 is 1.81 bits per heavy atom. The monoisotopic (exact) mass is 309 g/mol. The zero-order valence-electron chi connectivity index (χ0n) is 12.3. The fourth-order valence-corrected chi connectivity index (χ4v) is 2.78. The van der Waals surface area contributed by atoms with Crippen molar-refractivity contribution < 1.29 is 8.78 Å². The van der Waals surface area contributed by atoms with Crippen LogP contribution in [-0.2, 0) is 0 Å². The molecule has 0 saturated heterocycles. The van der Waals surface area contributed by atoms with Crippen molar-refractivity contribution >= 4 is 11.6 Å². The summed E-state index contributed by atoms with van der Waals surface area (Å²) >= 11 is 5.97. The fraction of sp³-hybridized carbons (Fsp3) is 0.294. The average molecular weight is 310 g/mol. The third-order valence-electron chi connectivity index (χ3n) is 3.45. The Hall–Kier alpha value is -1.45. The van der Waals surface area contributed by atoms with Gasteiger partial charge < -0.3 is 5.32 Å². The van der Waals surface area contributed by atoms with E-state index >= 15 is 0 Å². The van der Waals surface area contributed by atoms with Crippen LogP contribution in [-0.4, -0.2) is 6.54 Å². The minimum atomic E-state index is -0.561. The maximum Gasteiger partial charge on any atom is 0.128 e. The lowest BCUT2D eigenvalue weighted by atomic mass is 9.93. The van der Waals surface area contributed by atoms with Crippen LogP contribution in [0.25, 0.3) is 0 Å². The second kappa shape index (κ2) is 6.54. The summed E-state index contributed by atoms with van der Waals surface area (Å²) in [5.41, 5.74) is 2.45. The van der Waals surface area contributed by atoms with E-state index in [9.17, 15) is 8.78 Å². The van der Waals surface area contributed by atoms with Crippen molar-refractivity contribution in [2.45, 2.75) is 26.8 Å². The number of halogens is 3. The molecule has 0 amide bonds. The van der Waals surface area contributed by atoms with Crippen LogP contribution < -0.4 is 5.32 Å². The van der Waals surface area contributed by atoms with Crippen LogP contribution in [0.5, 0.6) is 0 Å². The van der Waals surface area contributed by atoms with Crippen LogP contribution in [0.1, 0.15) is 35.2 Å².